The summed E-state index contributed by atoms with van der Waals surface area (Å²) in [7, 11) is 0. The van der Waals surface area contributed by atoms with Gasteiger partial charge in [0.1, 0.15) is 11.5 Å². The molecular weight excluding hydrogens is 372 g/mol. The molecule has 0 saturated carbocycles. The van der Waals surface area contributed by atoms with Crippen molar-refractivity contribution in [2.45, 2.75) is 37.1 Å². The zero-order chi connectivity index (χ0) is 20.1. The monoisotopic (exact) mass is 398 g/mol. The minimum atomic E-state index is -0.00484. The molecule has 3 heterocycles. The van der Waals surface area contributed by atoms with Crippen LogP contribution >= 0.6 is 0 Å². The van der Waals surface area contributed by atoms with Crippen LogP contribution in [0.4, 0.5) is 0 Å². The molecule has 4 heteroatoms. The van der Waals surface area contributed by atoms with Crippen LogP contribution in [0.3, 0.4) is 0 Å². The van der Waals surface area contributed by atoms with Gasteiger partial charge in [0.25, 0.3) is 0 Å². The van der Waals surface area contributed by atoms with Crippen LogP contribution in [-0.2, 0) is 24.7 Å². The van der Waals surface area contributed by atoms with Crippen molar-refractivity contribution >= 4 is 10.9 Å². The number of phenols is 1. The first-order valence-corrected chi connectivity index (χ1v) is 10.9. The quantitative estimate of drug-likeness (QED) is 0.468. The van der Waals surface area contributed by atoms with Crippen molar-refractivity contribution in [1.82, 2.24) is 10.3 Å². The number of aromatic hydroxyl groups is 1. The molecule has 2 aromatic heterocycles. The van der Waals surface area contributed by atoms with Gasteiger partial charge in [-0.2, -0.15) is 0 Å². The zero-order valence-electron chi connectivity index (χ0n) is 16.9. The lowest BCUT2D eigenvalue weighted by atomic mass is 9.56. The summed E-state index contributed by atoms with van der Waals surface area (Å²) in [5.74, 6) is 1.80. The molecule has 3 N–H and O–H groups in total. The topological polar surface area (TPSA) is 61.2 Å². The lowest BCUT2D eigenvalue weighted by molar-refractivity contribution is 0.126. The first-order chi connectivity index (χ1) is 14.7. The van der Waals surface area contributed by atoms with Gasteiger partial charge < -0.3 is 19.8 Å². The van der Waals surface area contributed by atoms with E-state index in [1.807, 2.05) is 18.2 Å². The largest absolute Gasteiger partial charge is 0.508 e. The molecule has 4 nitrogen and oxygen atoms in total. The van der Waals surface area contributed by atoms with Gasteiger partial charge in [-0.15, -0.1) is 0 Å². The molecule has 6 rings (SSSR count). The highest BCUT2D eigenvalue weighted by Crippen LogP contribution is 2.50. The van der Waals surface area contributed by atoms with Crippen molar-refractivity contribution in [1.29, 1.82) is 0 Å². The number of hydrogen-bond acceptors (Lipinski definition) is 3. The fourth-order valence-corrected chi connectivity index (χ4v) is 6.06. The highest BCUT2D eigenvalue weighted by molar-refractivity contribution is 5.85. The van der Waals surface area contributed by atoms with E-state index in [0.29, 0.717) is 17.7 Å². The normalized spacial score (nSPS) is 25.7. The number of piperidine rings is 1. The second-order valence-corrected chi connectivity index (χ2v) is 8.92. The Kier molecular flexibility index (Phi) is 4.03. The van der Waals surface area contributed by atoms with E-state index in [4.69, 9.17) is 4.42 Å². The van der Waals surface area contributed by atoms with E-state index in [1.54, 1.807) is 12.3 Å². The van der Waals surface area contributed by atoms with E-state index in [1.165, 1.54) is 27.7 Å². The van der Waals surface area contributed by atoms with Crippen molar-refractivity contribution < 1.29 is 9.52 Å². The van der Waals surface area contributed by atoms with Crippen LogP contribution in [0.2, 0.25) is 0 Å². The van der Waals surface area contributed by atoms with Crippen LogP contribution in [0.1, 0.15) is 29.0 Å². The average Bonchev–Trinajstić information content (AvgIpc) is 3.39. The lowest BCUT2D eigenvalue weighted by Gasteiger charge is -2.51. The number of rotatable bonds is 3. The third-order valence-electron chi connectivity index (χ3n) is 7.41. The van der Waals surface area contributed by atoms with Crippen molar-refractivity contribution in [3.63, 3.8) is 0 Å². The molecular formula is C26H26N2O2. The van der Waals surface area contributed by atoms with E-state index in [-0.39, 0.29) is 5.41 Å². The maximum Gasteiger partial charge on any atom is 0.115 e. The molecule has 1 aliphatic carbocycles. The molecule has 0 bridgehead atoms. The summed E-state index contributed by atoms with van der Waals surface area (Å²) in [6.07, 6.45) is 5.70. The van der Waals surface area contributed by atoms with Gasteiger partial charge >= 0.3 is 0 Å². The Balaban J connectivity index is 1.50. The Morgan fingerprint density at radius 2 is 2.00 bits per heavy atom. The Morgan fingerprint density at radius 1 is 1.07 bits per heavy atom. The second-order valence-electron chi connectivity index (χ2n) is 8.92. The van der Waals surface area contributed by atoms with Gasteiger partial charge in [0, 0.05) is 34.5 Å². The number of aromatic nitrogens is 1. The van der Waals surface area contributed by atoms with Gasteiger partial charge in [0.2, 0.25) is 0 Å². The van der Waals surface area contributed by atoms with Crippen molar-refractivity contribution in [2.24, 2.45) is 5.92 Å². The molecule has 2 unspecified atom stereocenters. The molecule has 0 radical (unpaired) electrons. The third kappa shape index (κ3) is 2.71. The summed E-state index contributed by atoms with van der Waals surface area (Å²) in [5.41, 5.74) is 5.29. The van der Waals surface area contributed by atoms with Crippen molar-refractivity contribution in [3.05, 3.63) is 89.5 Å². The minimum Gasteiger partial charge on any atom is -0.508 e. The Labute approximate surface area is 175 Å². The molecule has 0 spiro atoms. The van der Waals surface area contributed by atoms with Gasteiger partial charge in [-0.1, -0.05) is 30.3 Å². The number of hydrogen-bond donors (Lipinski definition) is 3. The molecule has 2 aromatic carbocycles. The first kappa shape index (κ1) is 17.8. The van der Waals surface area contributed by atoms with Crippen molar-refractivity contribution in [3.8, 4) is 5.75 Å². The van der Waals surface area contributed by atoms with E-state index >= 15 is 0 Å². The third-order valence-corrected chi connectivity index (χ3v) is 7.41. The molecule has 3 atom stereocenters. The molecule has 1 fully saturated rings. The molecule has 1 saturated heterocycles. The van der Waals surface area contributed by atoms with Gasteiger partial charge in [0.15, 0.2) is 0 Å². The molecule has 152 valence electrons. The average molecular weight is 399 g/mol. The zero-order valence-corrected chi connectivity index (χ0v) is 16.9. The van der Waals surface area contributed by atoms with Crippen LogP contribution in [0, 0.1) is 5.92 Å². The number of benzene rings is 2. The van der Waals surface area contributed by atoms with E-state index < -0.39 is 0 Å². The smallest absolute Gasteiger partial charge is 0.115 e. The Bertz CT molecular complexity index is 1190. The van der Waals surface area contributed by atoms with Crippen LogP contribution in [-0.4, -0.2) is 22.7 Å². The minimum absolute atomic E-state index is 0.00484. The summed E-state index contributed by atoms with van der Waals surface area (Å²) >= 11 is 0. The SMILES string of the molecule is Oc1cccc([C@]23CCNC(Cc4ccco4)C2Cc2c([nH]c4ccccc24)C3)c1. The van der Waals surface area contributed by atoms with Crippen LogP contribution in [0.5, 0.6) is 5.75 Å². The van der Waals surface area contributed by atoms with Crippen molar-refractivity contribution in [2.75, 3.05) is 6.54 Å². The standard InChI is InChI=1S/C26H26N2O2/c29-18-6-3-5-17(13-18)26-10-11-27-24(14-19-7-4-12-30-19)22(26)15-21-20-8-1-2-9-23(20)28-25(21)16-26/h1-9,12-13,22,24,27-29H,10-11,14-16H2/t22?,24?,26-/m1/s1. The summed E-state index contributed by atoms with van der Waals surface area (Å²) in [6, 6.07) is 21.0. The lowest BCUT2D eigenvalue weighted by Crippen LogP contribution is -2.58. The molecule has 30 heavy (non-hydrogen) atoms. The number of para-hydroxylation sites is 1. The Morgan fingerprint density at radius 3 is 2.87 bits per heavy atom. The van der Waals surface area contributed by atoms with Gasteiger partial charge in [-0.3, -0.25) is 0 Å². The summed E-state index contributed by atoms with van der Waals surface area (Å²) < 4.78 is 5.71. The van der Waals surface area contributed by atoms with Crippen LogP contribution in [0.25, 0.3) is 10.9 Å². The molecule has 0 amide bonds. The number of fused-ring (bicyclic) bond motifs is 4. The van der Waals surface area contributed by atoms with E-state index in [2.05, 4.69) is 46.7 Å². The fraction of sp³-hybridized carbons (Fsp3) is 0.308. The summed E-state index contributed by atoms with van der Waals surface area (Å²) in [5, 5.41) is 15.4. The maximum absolute atomic E-state index is 10.3. The predicted molar refractivity (Wildman–Crippen MR) is 118 cm³/mol. The van der Waals surface area contributed by atoms with E-state index in [9.17, 15) is 5.11 Å². The highest BCUT2D eigenvalue weighted by atomic mass is 16.3. The molecule has 4 aromatic rings. The Hall–Kier alpha value is -2.98. The predicted octanol–water partition coefficient (Wildman–Crippen LogP) is 4.72. The maximum atomic E-state index is 10.3. The number of nitrogens with one attached hydrogen (secondary N) is 2. The second kappa shape index (κ2) is 6.78. The summed E-state index contributed by atoms with van der Waals surface area (Å²) in [6.45, 7) is 0.965. The highest BCUT2D eigenvalue weighted by Gasteiger charge is 2.50. The summed E-state index contributed by atoms with van der Waals surface area (Å²) in [4.78, 5) is 3.72. The molecule has 2 aliphatic rings. The molecule has 1 aliphatic heterocycles. The first-order valence-electron chi connectivity index (χ1n) is 10.9. The van der Waals surface area contributed by atoms with Gasteiger partial charge in [-0.05, 0) is 73.2 Å². The number of H-pyrrole nitrogens is 1. The van der Waals surface area contributed by atoms with Crippen LogP contribution in [0.15, 0.2) is 71.3 Å². The van der Waals surface area contributed by atoms with Gasteiger partial charge in [0.05, 0.1) is 6.26 Å². The number of aromatic amines is 1. The fourth-order valence-electron chi connectivity index (χ4n) is 6.06. The van der Waals surface area contributed by atoms with E-state index in [0.717, 1.165) is 38.0 Å². The number of furan rings is 1. The van der Waals surface area contributed by atoms with Crippen LogP contribution < -0.4 is 5.32 Å². The van der Waals surface area contributed by atoms with Gasteiger partial charge in [-0.25, -0.2) is 0 Å². The number of phenolic OH excluding ortho intramolecular Hbond substituents is 1.